The summed E-state index contributed by atoms with van der Waals surface area (Å²) in [6.45, 7) is 6.28. The van der Waals surface area contributed by atoms with Gasteiger partial charge in [0.05, 0.1) is 4.92 Å². The Labute approximate surface area is 129 Å². The third kappa shape index (κ3) is 4.42. The number of carbonyl (C=O) groups excluding carboxylic acids is 1. The summed E-state index contributed by atoms with van der Waals surface area (Å²) in [5.74, 6) is 0. The molecule has 1 heterocycles. The molecule has 0 atom stereocenters. The number of carbonyl (C=O) groups is 1. The number of hydrogen-bond acceptors (Lipinski definition) is 4. The molecule has 22 heavy (non-hydrogen) atoms. The molecule has 7 nitrogen and oxygen atoms in total. The van der Waals surface area contributed by atoms with Gasteiger partial charge in [0, 0.05) is 43.0 Å². The van der Waals surface area contributed by atoms with E-state index in [1.165, 1.54) is 12.1 Å². The third-order valence-electron chi connectivity index (χ3n) is 3.91. The first-order valence-electron chi connectivity index (χ1n) is 7.51. The molecule has 1 saturated heterocycles. The average molecular weight is 306 g/mol. The van der Waals surface area contributed by atoms with Crippen molar-refractivity contribution in [1.82, 2.24) is 10.2 Å². The summed E-state index contributed by atoms with van der Waals surface area (Å²) < 4.78 is 0. The summed E-state index contributed by atoms with van der Waals surface area (Å²) >= 11 is 0. The SMILES string of the molecule is CC(C)N1CCC(NC(=O)Nc2cccc([N+](=O)[O-])c2)CC1. The van der Waals surface area contributed by atoms with Gasteiger partial charge in [-0.25, -0.2) is 4.79 Å². The number of hydrogen-bond donors (Lipinski definition) is 2. The van der Waals surface area contributed by atoms with Crippen molar-refractivity contribution >= 4 is 17.4 Å². The maximum Gasteiger partial charge on any atom is 0.319 e. The van der Waals surface area contributed by atoms with Crippen molar-refractivity contribution in [3.05, 3.63) is 34.4 Å². The lowest BCUT2D eigenvalue weighted by atomic mass is 10.0. The molecule has 0 saturated carbocycles. The van der Waals surface area contributed by atoms with E-state index in [2.05, 4.69) is 29.4 Å². The highest BCUT2D eigenvalue weighted by molar-refractivity contribution is 5.89. The molecule has 2 rings (SSSR count). The fraction of sp³-hybridized carbons (Fsp3) is 0.533. The van der Waals surface area contributed by atoms with E-state index in [0.29, 0.717) is 11.7 Å². The molecule has 1 aromatic rings. The fourth-order valence-electron chi connectivity index (χ4n) is 2.61. The zero-order chi connectivity index (χ0) is 16.1. The zero-order valence-corrected chi connectivity index (χ0v) is 12.9. The predicted molar refractivity (Wildman–Crippen MR) is 85.0 cm³/mol. The number of likely N-dealkylation sites (tertiary alicyclic amines) is 1. The lowest BCUT2D eigenvalue weighted by Crippen LogP contribution is -2.47. The molecule has 1 aromatic carbocycles. The Morgan fingerprint density at radius 2 is 2.05 bits per heavy atom. The standard InChI is InChI=1S/C15H22N4O3/c1-11(2)18-8-6-12(7-9-18)16-15(20)17-13-4-3-5-14(10-13)19(21)22/h3-5,10-12H,6-9H2,1-2H3,(H2,16,17,20). The molecule has 120 valence electrons. The van der Waals surface area contributed by atoms with Crippen molar-refractivity contribution in [1.29, 1.82) is 0 Å². The number of nitrogens with zero attached hydrogens (tertiary/aromatic N) is 2. The Morgan fingerprint density at radius 1 is 1.36 bits per heavy atom. The zero-order valence-electron chi connectivity index (χ0n) is 12.9. The van der Waals surface area contributed by atoms with Gasteiger partial charge < -0.3 is 15.5 Å². The molecule has 0 unspecified atom stereocenters. The topological polar surface area (TPSA) is 87.5 Å². The van der Waals surface area contributed by atoms with Crippen LogP contribution in [0.4, 0.5) is 16.2 Å². The number of benzene rings is 1. The summed E-state index contributed by atoms with van der Waals surface area (Å²) in [5.41, 5.74) is 0.384. The maximum atomic E-state index is 12.0. The van der Waals surface area contributed by atoms with Crippen LogP contribution in [-0.2, 0) is 0 Å². The Bertz CT molecular complexity index is 539. The minimum atomic E-state index is -0.481. The Kier molecular flexibility index (Phi) is 5.32. The number of amides is 2. The second kappa shape index (κ2) is 7.22. The predicted octanol–water partition coefficient (Wildman–Crippen LogP) is 2.59. The molecule has 7 heteroatoms. The molecule has 0 bridgehead atoms. The van der Waals surface area contributed by atoms with Crippen molar-refractivity contribution in [3.8, 4) is 0 Å². The number of non-ortho nitro benzene ring substituents is 1. The van der Waals surface area contributed by atoms with Gasteiger partial charge in [0.25, 0.3) is 5.69 Å². The molecule has 2 N–H and O–H groups in total. The molecule has 0 aliphatic carbocycles. The molecule has 1 fully saturated rings. The van der Waals surface area contributed by atoms with Crippen LogP contribution in [0, 0.1) is 10.1 Å². The monoisotopic (exact) mass is 306 g/mol. The summed E-state index contributed by atoms with van der Waals surface area (Å²) in [7, 11) is 0. The first-order chi connectivity index (χ1) is 10.5. The van der Waals surface area contributed by atoms with Crippen LogP contribution in [-0.4, -0.2) is 41.0 Å². The third-order valence-corrected chi connectivity index (χ3v) is 3.91. The van der Waals surface area contributed by atoms with Crippen molar-refractivity contribution < 1.29 is 9.72 Å². The molecule has 1 aliphatic heterocycles. The second-order valence-electron chi connectivity index (χ2n) is 5.81. The summed E-state index contributed by atoms with van der Waals surface area (Å²) in [5, 5.41) is 16.3. The van der Waals surface area contributed by atoms with E-state index in [0.717, 1.165) is 25.9 Å². The number of rotatable bonds is 4. The largest absolute Gasteiger partial charge is 0.335 e. The van der Waals surface area contributed by atoms with Gasteiger partial charge in [-0.05, 0) is 32.8 Å². The first kappa shape index (κ1) is 16.2. The van der Waals surface area contributed by atoms with E-state index < -0.39 is 4.92 Å². The minimum Gasteiger partial charge on any atom is -0.335 e. The van der Waals surface area contributed by atoms with Crippen molar-refractivity contribution in [2.45, 2.75) is 38.8 Å². The molecule has 0 spiro atoms. The van der Waals surface area contributed by atoms with E-state index in [1.807, 2.05) is 0 Å². The first-order valence-corrected chi connectivity index (χ1v) is 7.51. The van der Waals surface area contributed by atoms with Crippen LogP contribution in [0.1, 0.15) is 26.7 Å². The van der Waals surface area contributed by atoms with E-state index in [4.69, 9.17) is 0 Å². The molecule has 1 aliphatic rings. The highest BCUT2D eigenvalue weighted by atomic mass is 16.6. The molecular formula is C15H22N4O3. The molecule has 0 radical (unpaired) electrons. The van der Waals surface area contributed by atoms with E-state index in [-0.39, 0.29) is 17.8 Å². The Balaban J connectivity index is 1.84. The number of nitro groups is 1. The van der Waals surface area contributed by atoms with Crippen molar-refractivity contribution in [2.24, 2.45) is 0 Å². The van der Waals surface area contributed by atoms with Gasteiger partial charge in [0.2, 0.25) is 0 Å². The number of urea groups is 1. The van der Waals surface area contributed by atoms with Gasteiger partial charge >= 0.3 is 6.03 Å². The molecule has 0 aromatic heterocycles. The van der Waals surface area contributed by atoms with Gasteiger partial charge in [-0.1, -0.05) is 6.07 Å². The fourth-order valence-corrected chi connectivity index (χ4v) is 2.61. The van der Waals surface area contributed by atoms with Crippen LogP contribution in [0.3, 0.4) is 0 Å². The van der Waals surface area contributed by atoms with Gasteiger partial charge in [0.1, 0.15) is 0 Å². The second-order valence-corrected chi connectivity index (χ2v) is 5.81. The van der Waals surface area contributed by atoms with Crippen molar-refractivity contribution in [2.75, 3.05) is 18.4 Å². The molecule has 2 amide bonds. The number of nitro benzene ring substituents is 1. The van der Waals surface area contributed by atoms with Crippen LogP contribution in [0.5, 0.6) is 0 Å². The number of nitrogens with one attached hydrogen (secondary N) is 2. The van der Waals surface area contributed by atoms with E-state index >= 15 is 0 Å². The molecular weight excluding hydrogens is 284 g/mol. The van der Waals surface area contributed by atoms with Gasteiger partial charge in [0.15, 0.2) is 0 Å². The van der Waals surface area contributed by atoms with Crippen LogP contribution in [0.25, 0.3) is 0 Å². The number of anilines is 1. The van der Waals surface area contributed by atoms with Gasteiger partial charge in [-0.2, -0.15) is 0 Å². The normalized spacial score (nSPS) is 16.5. The maximum absolute atomic E-state index is 12.0. The summed E-state index contributed by atoms with van der Waals surface area (Å²) in [6, 6.07) is 6.28. The Hall–Kier alpha value is -2.15. The van der Waals surface area contributed by atoms with Gasteiger partial charge in [-0.15, -0.1) is 0 Å². The van der Waals surface area contributed by atoms with Crippen molar-refractivity contribution in [3.63, 3.8) is 0 Å². The lowest BCUT2D eigenvalue weighted by molar-refractivity contribution is -0.384. The summed E-state index contributed by atoms with van der Waals surface area (Å²) in [6.07, 6.45) is 1.83. The number of piperidine rings is 1. The average Bonchev–Trinajstić information content (AvgIpc) is 2.47. The van der Waals surface area contributed by atoms with Gasteiger partial charge in [-0.3, -0.25) is 10.1 Å². The lowest BCUT2D eigenvalue weighted by Gasteiger charge is -2.34. The highest BCUT2D eigenvalue weighted by Gasteiger charge is 2.22. The van der Waals surface area contributed by atoms with Crippen LogP contribution in [0.2, 0.25) is 0 Å². The van der Waals surface area contributed by atoms with E-state index in [1.54, 1.807) is 12.1 Å². The quantitative estimate of drug-likeness (QED) is 0.661. The Morgan fingerprint density at radius 3 is 2.64 bits per heavy atom. The van der Waals surface area contributed by atoms with E-state index in [9.17, 15) is 14.9 Å². The smallest absolute Gasteiger partial charge is 0.319 e. The highest BCUT2D eigenvalue weighted by Crippen LogP contribution is 2.17. The summed E-state index contributed by atoms with van der Waals surface area (Å²) in [4.78, 5) is 24.6. The minimum absolute atomic E-state index is 0.0389. The van der Waals surface area contributed by atoms with Crippen LogP contribution >= 0.6 is 0 Å². The van der Waals surface area contributed by atoms with Crippen LogP contribution < -0.4 is 10.6 Å². The van der Waals surface area contributed by atoms with Crippen LogP contribution in [0.15, 0.2) is 24.3 Å².